The third kappa shape index (κ3) is 3.94. The van der Waals surface area contributed by atoms with Crippen molar-refractivity contribution in [2.75, 3.05) is 0 Å². The van der Waals surface area contributed by atoms with Crippen LogP contribution < -0.4 is 5.32 Å². The van der Waals surface area contributed by atoms with Gasteiger partial charge < -0.3 is 5.32 Å². The predicted octanol–water partition coefficient (Wildman–Crippen LogP) is 2.28. The van der Waals surface area contributed by atoms with Gasteiger partial charge in [-0.05, 0) is 43.2 Å². The van der Waals surface area contributed by atoms with Gasteiger partial charge in [0, 0.05) is 12.1 Å². The first-order chi connectivity index (χ1) is 8.03. The van der Waals surface area contributed by atoms with Crippen molar-refractivity contribution in [3.8, 4) is 0 Å². The number of aromatic nitrogens is 3. The molecule has 2 aromatic heterocycles. The minimum atomic E-state index is 0.108. The highest BCUT2D eigenvalue weighted by Gasteiger charge is 2.10. The van der Waals surface area contributed by atoms with E-state index in [9.17, 15) is 0 Å². The van der Waals surface area contributed by atoms with Gasteiger partial charge in [-0.15, -0.1) is 5.10 Å². The maximum atomic E-state index is 4.15. The van der Waals surface area contributed by atoms with Crippen LogP contribution in [0.15, 0.2) is 23.0 Å². The van der Waals surface area contributed by atoms with Crippen LogP contribution in [-0.4, -0.2) is 20.5 Å². The molecule has 0 aromatic carbocycles. The molecule has 0 amide bonds. The second kappa shape index (κ2) is 4.98. The van der Waals surface area contributed by atoms with Crippen molar-refractivity contribution in [2.45, 2.75) is 39.4 Å². The summed E-state index contributed by atoms with van der Waals surface area (Å²) in [5, 5.41) is 15.9. The van der Waals surface area contributed by atoms with Crippen LogP contribution in [-0.2, 0) is 13.1 Å². The molecule has 0 atom stereocenters. The summed E-state index contributed by atoms with van der Waals surface area (Å²) in [6, 6.07) is 2.11. The zero-order valence-corrected chi connectivity index (χ0v) is 11.3. The van der Waals surface area contributed by atoms with Crippen molar-refractivity contribution >= 4 is 11.3 Å². The van der Waals surface area contributed by atoms with E-state index in [2.05, 4.69) is 53.2 Å². The van der Waals surface area contributed by atoms with E-state index in [0.717, 1.165) is 18.8 Å². The molecule has 0 aliphatic carbocycles. The number of nitrogens with zero attached hydrogens (tertiary/aromatic N) is 3. The summed E-state index contributed by atoms with van der Waals surface area (Å²) in [5.74, 6) is 0. The third-order valence-electron chi connectivity index (χ3n) is 2.31. The lowest BCUT2D eigenvalue weighted by atomic mass is 10.1. The maximum Gasteiger partial charge on any atom is 0.0965 e. The van der Waals surface area contributed by atoms with E-state index in [-0.39, 0.29) is 5.54 Å². The van der Waals surface area contributed by atoms with Crippen molar-refractivity contribution in [1.29, 1.82) is 0 Å². The molecule has 0 radical (unpaired) electrons. The molecule has 0 fully saturated rings. The molecule has 0 saturated carbocycles. The Morgan fingerprint density at radius 1 is 1.41 bits per heavy atom. The third-order valence-corrected chi connectivity index (χ3v) is 3.04. The minimum Gasteiger partial charge on any atom is -0.306 e. The fourth-order valence-electron chi connectivity index (χ4n) is 1.42. The molecular formula is C12H18N4S. The van der Waals surface area contributed by atoms with Crippen molar-refractivity contribution in [2.24, 2.45) is 0 Å². The van der Waals surface area contributed by atoms with Gasteiger partial charge in [-0.3, -0.25) is 0 Å². The van der Waals surface area contributed by atoms with E-state index in [1.165, 1.54) is 5.56 Å². The van der Waals surface area contributed by atoms with Crippen molar-refractivity contribution in [1.82, 2.24) is 20.3 Å². The van der Waals surface area contributed by atoms with E-state index < -0.39 is 0 Å². The number of rotatable bonds is 4. The molecule has 17 heavy (non-hydrogen) atoms. The summed E-state index contributed by atoms with van der Waals surface area (Å²) in [4.78, 5) is 0. The fourth-order valence-corrected chi connectivity index (χ4v) is 2.08. The van der Waals surface area contributed by atoms with Gasteiger partial charge in [-0.2, -0.15) is 11.3 Å². The minimum absolute atomic E-state index is 0.108. The first-order valence-corrected chi connectivity index (χ1v) is 6.62. The van der Waals surface area contributed by atoms with Crippen LogP contribution in [0.1, 0.15) is 32.0 Å². The maximum absolute atomic E-state index is 4.15. The molecule has 0 aliphatic rings. The van der Waals surface area contributed by atoms with Crippen molar-refractivity contribution in [3.63, 3.8) is 0 Å². The molecule has 0 aliphatic heterocycles. The van der Waals surface area contributed by atoms with E-state index >= 15 is 0 Å². The van der Waals surface area contributed by atoms with Crippen LogP contribution in [0.25, 0.3) is 0 Å². The van der Waals surface area contributed by atoms with Gasteiger partial charge in [-0.1, -0.05) is 5.21 Å². The Hall–Kier alpha value is -1.20. The Balaban J connectivity index is 1.92. The van der Waals surface area contributed by atoms with Gasteiger partial charge in [-0.25, -0.2) is 4.68 Å². The topological polar surface area (TPSA) is 42.7 Å². The normalized spacial score (nSPS) is 11.9. The lowest BCUT2D eigenvalue weighted by molar-refractivity contribution is 0.421. The predicted molar refractivity (Wildman–Crippen MR) is 70.0 cm³/mol. The average Bonchev–Trinajstić information content (AvgIpc) is 2.86. The molecule has 92 valence electrons. The molecule has 0 unspecified atom stereocenters. The lowest BCUT2D eigenvalue weighted by Gasteiger charge is -2.19. The van der Waals surface area contributed by atoms with Crippen molar-refractivity contribution < 1.29 is 0 Å². The Labute approximate surface area is 106 Å². The number of nitrogens with one attached hydrogen (secondary N) is 1. The first kappa shape index (κ1) is 12.3. The highest BCUT2D eigenvalue weighted by Crippen LogP contribution is 2.08. The second-order valence-electron chi connectivity index (χ2n) is 5.14. The summed E-state index contributed by atoms with van der Waals surface area (Å²) in [6.45, 7) is 7.98. The monoisotopic (exact) mass is 250 g/mol. The smallest absolute Gasteiger partial charge is 0.0965 e. The molecule has 4 nitrogen and oxygen atoms in total. The van der Waals surface area contributed by atoms with E-state index in [1.54, 1.807) is 11.3 Å². The van der Waals surface area contributed by atoms with Crippen LogP contribution in [0.3, 0.4) is 0 Å². The summed E-state index contributed by atoms with van der Waals surface area (Å²) < 4.78 is 1.88. The van der Waals surface area contributed by atoms with Crippen LogP contribution in [0.5, 0.6) is 0 Å². The van der Waals surface area contributed by atoms with Crippen LogP contribution in [0.2, 0.25) is 0 Å². The molecule has 1 N–H and O–H groups in total. The summed E-state index contributed by atoms with van der Waals surface area (Å²) in [5.41, 5.74) is 2.36. The summed E-state index contributed by atoms with van der Waals surface area (Å²) in [7, 11) is 0. The molecular weight excluding hydrogens is 232 g/mol. The average molecular weight is 250 g/mol. The molecule has 0 spiro atoms. The van der Waals surface area contributed by atoms with Crippen LogP contribution in [0.4, 0.5) is 0 Å². The zero-order valence-electron chi connectivity index (χ0n) is 10.5. The zero-order chi connectivity index (χ0) is 12.3. The highest BCUT2D eigenvalue weighted by molar-refractivity contribution is 7.07. The molecule has 0 saturated heterocycles. The molecule has 2 aromatic rings. The van der Waals surface area contributed by atoms with E-state index in [1.807, 2.05) is 10.9 Å². The van der Waals surface area contributed by atoms with Crippen molar-refractivity contribution in [3.05, 3.63) is 34.3 Å². The second-order valence-corrected chi connectivity index (χ2v) is 5.92. The number of hydrogen-bond donors (Lipinski definition) is 1. The Kier molecular flexibility index (Phi) is 3.59. The summed E-state index contributed by atoms with van der Waals surface area (Å²) >= 11 is 1.71. The van der Waals surface area contributed by atoms with Gasteiger partial charge in [0.15, 0.2) is 0 Å². The first-order valence-electron chi connectivity index (χ1n) is 5.68. The quantitative estimate of drug-likeness (QED) is 0.905. The van der Waals surface area contributed by atoms with Gasteiger partial charge >= 0.3 is 0 Å². The van der Waals surface area contributed by atoms with Crippen LogP contribution in [0, 0.1) is 0 Å². The standard InChI is InChI=1S/C12H18N4S/c1-12(2,3)13-6-11-8-16(15-14-11)7-10-4-5-17-9-10/h4-5,8-9,13H,6-7H2,1-3H3. The molecule has 2 rings (SSSR count). The highest BCUT2D eigenvalue weighted by atomic mass is 32.1. The SMILES string of the molecule is CC(C)(C)NCc1cn(Cc2ccsc2)nn1. The Bertz CT molecular complexity index is 453. The van der Waals surface area contributed by atoms with Gasteiger partial charge in [0.2, 0.25) is 0 Å². The largest absolute Gasteiger partial charge is 0.306 e. The fraction of sp³-hybridized carbons (Fsp3) is 0.500. The van der Waals surface area contributed by atoms with Gasteiger partial charge in [0.05, 0.1) is 18.4 Å². The summed E-state index contributed by atoms with van der Waals surface area (Å²) in [6.07, 6.45) is 2.00. The molecule has 2 heterocycles. The van der Waals surface area contributed by atoms with Gasteiger partial charge in [0.25, 0.3) is 0 Å². The van der Waals surface area contributed by atoms with E-state index in [4.69, 9.17) is 0 Å². The lowest BCUT2D eigenvalue weighted by Crippen LogP contribution is -2.35. The molecule has 5 heteroatoms. The molecule has 0 bridgehead atoms. The van der Waals surface area contributed by atoms with E-state index in [0.29, 0.717) is 0 Å². The number of hydrogen-bond acceptors (Lipinski definition) is 4. The Morgan fingerprint density at radius 2 is 2.24 bits per heavy atom. The van der Waals surface area contributed by atoms with Gasteiger partial charge in [0.1, 0.15) is 0 Å². The number of thiophene rings is 1. The van der Waals surface area contributed by atoms with Crippen LogP contribution >= 0.6 is 11.3 Å². The Morgan fingerprint density at radius 3 is 2.88 bits per heavy atom.